The highest BCUT2D eigenvalue weighted by molar-refractivity contribution is 7.99. The Bertz CT molecular complexity index is 186. The topological polar surface area (TPSA) is 46.3 Å². The van der Waals surface area contributed by atoms with Crippen LogP contribution in [0.1, 0.15) is 20.3 Å². The van der Waals surface area contributed by atoms with E-state index < -0.39 is 0 Å². The third-order valence-corrected chi connectivity index (χ3v) is 3.61. The predicted octanol–water partition coefficient (Wildman–Crippen LogP) is 0.688. The number of amides is 1. The minimum atomic E-state index is 0.182. The van der Waals surface area contributed by atoms with Crippen LogP contribution in [0.4, 0.5) is 0 Å². The Morgan fingerprint density at radius 1 is 1.77 bits per heavy atom. The third-order valence-electron chi connectivity index (χ3n) is 2.40. The maximum absolute atomic E-state index is 11.7. The Morgan fingerprint density at radius 2 is 2.46 bits per heavy atom. The van der Waals surface area contributed by atoms with Crippen molar-refractivity contribution in [2.45, 2.75) is 32.4 Å². The molecule has 2 N–H and O–H groups in total. The Balaban J connectivity index is 2.68. The fourth-order valence-electron chi connectivity index (χ4n) is 1.66. The molecule has 4 heteroatoms. The fraction of sp³-hybridized carbons (Fsp3) is 0.889. The lowest BCUT2D eigenvalue weighted by atomic mass is 10.2. The third kappa shape index (κ3) is 2.61. The van der Waals surface area contributed by atoms with Gasteiger partial charge in [0.25, 0.3) is 0 Å². The van der Waals surface area contributed by atoms with Crippen LogP contribution in [0.2, 0.25) is 0 Å². The van der Waals surface area contributed by atoms with Crippen LogP contribution in [0.3, 0.4) is 0 Å². The molecule has 0 saturated carbocycles. The average molecular weight is 202 g/mol. The van der Waals surface area contributed by atoms with Crippen molar-refractivity contribution in [2.24, 2.45) is 5.73 Å². The Kier molecular flexibility index (Phi) is 4.06. The molecule has 0 aromatic rings. The van der Waals surface area contributed by atoms with E-state index in [0.29, 0.717) is 19.0 Å². The van der Waals surface area contributed by atoms with Crippen LogP contribution in [0, 0.1) is 0 Å². The van der Waals surface area contributed by atoms with Crippen LogP contribution in [0.25, 0.3) is 0 Å². The van der Waals surface area contributed by atoms with Crippen LogP contribution in [0.5, 0.6) is 0 Å². The SMILES string of the molecule is CC(CN)N1C(=O)CCSCC1C. The lowest BCUT2D eigenvalue weighted by Crippen LogP contribution is -2.47. The second kappa shape index (κ2) is 4.86. The molecule has 1 fully saturated rings. The number of thioether (sulfide) groups is 1. The lowest BCUT2D eigenvalue weighted by molar-refractivity contribution is -0.134. The molecule has 1 rings (SSSR count). The maximum atomic E-state index is 11.7. The van der Waals surface area contributed by atoms with E-state index in [1.54, 1.807) is 0 Å². The van der Waals surface area contributed by atoms with Gasteiger partial charge in [0.05, 0.1) is 0 Å². The molecular weight excluding hydrogens is 184 g/mol. The normalized spacial score (nSPS) is 27.2. The summed E-state index contributed by atoms with van der Waals surface area (Å²) in [5.74, 6) is 2.25. The van der Waals surface area contributed by atoms with Crippen molar-refractivity contribution in [1.29, 1.82) is 0 Å². The highest BCUT2D eigenvalue weighted by atomic mass is 32.2. The minimum Gasteiger partial charge on any atom is -0.335 e. The van der Waals surface area contributed by atoms with Gasteiger partial charge in [0.1, 0.15) is 0 Å². The summed E-state index contributed by atoms with van der Waals surface area (Å²) < 4.78 is 0. The molecule has 0 aromatic heterocycles. The molecular formula is C9H18N2OS. The summed E-state index contributed by atoms with van der Waals surface area (Å²) >= 11 is 1.86. The highest BCUT2D eigenvalue weighted by Gasteiger charge is 2.26. The zero-order valence-corrected chi connectivity index (χ0v) is 9.14. The van der Waals surface area contributed by atoms with Gasteiger partial charge in [-0.1, -0.05) is 0 Å². The van der Waals surface area contributed by atoms with Gasteiger partial charge in [-0.3, -0.25) is 4.79 Å². The molecule has 2 atom stereocenters. The number of rotatable bonds is 2. The summed E-state index contributed by atoms with van der Waals surface area (Å²) in [4.78, 5) is 13.6. The van der Waals surface area contributed by atoms with Gasteiger partial charge in [0.2, 0.25) is 5.91 Å². The van der Waals surface area contributed by atoms with E-state index in [0.717, 1.165) is 11.5 Å². The Hall–Kier alpha value is -0.220. The van der Waals surface area contributed by atoms with Gasteiger partial charge in [-0.15, -0.1) is 0 Å². The van der Waals surface area contributed by atoms with Crippen molar-refractivity contribution >= 4 is 17.7 Å². The van der Waals surface area contributed by atoms with Gasteiger partial charge in [0, 0.05) is 36.6 Å². The standard InChI is InChI=1S/C9H18N2OS/c1-7(5-10)11-8(2)6-13-4-3-9(11)12/h7-8H,3-6,10H2,1-2H3. The van der Waals surface area contributed by atoms with Gasteiger partial charge >= 0.3 is 0 Å². The van der Waals surface area contributed by atoms with Crippen LogP contribution in [-0.2, 0) is 4.79 Å². The summed E-state index contributed by atoms with van der Waals surface area (Å²) in [5.41, 5.74) is 5.58. The van der Waals surface area contributed by atoms with Gasteiger partial charge in [-0.2, -0.15) is 11.8 Å². The number of nitrogens with two attached hydrogens (primary N) is 1. The summed E-state index contributed by atoms with van der Waals surface area (Å²) in [6.07, 6.45) is 0.666. The van der Waals surface area contributed by atoms with Gasteiger partial charge in [0.15, 0.2) is 0 Å². The molecule has 2 unspecified atom stereocenters. The smallest absolute Gasteiger partial charge is 0.223 e. The number of hydrogen-bond donors (Lipinski definition) is 1. The minimum absolute atomic E-state index is 0.182. The molecule has 0 aromatic carbocycles. The Morgan fingerprint density at radius 3 is 3.08 bits per heavy atom. The van der Waals surface area contributed by atoms with E-state index in [1.165, 1.54) is 0 Å². The molecule has 1 aliphatic rings. The van der Waals surface area contributed by atoms with Crippen molar-refractivity contribution in [3.63, 3.8) is 0 Å². The first kappa shape index (κ1) is 10.9. The first-order chi connectivity index (χ1) is 6.16. The predicted molar refractivity (Wildman–Crippen MR) is 56.8 cm³/mol. The van der Waals surface area contributed by atoms with Crippen molar-refractivity contribution in [3.8, 4) is 0 Å². The van der Waals surface area contributed by atoms with Crippen molar-refractivity contribution < 1.29 is 4.79 Å². The monoisotopic (exact) mass is 202 g/mol. The van der Waals surface area contributed by atoms with Crippen molar-refractivity contribution in [2.75, 3.05) is 18.1 Å². The van der Waals surface area contributed by atoms with Gasteiger partial charge in [-0.05, 0) is 13.8 Å². The zero-order chi connectivity index (χ0) is 9.84. The summed E-state index contributed by atoms with van der Waals surface area (Å²) in [6.45, 7) is 4.67. The molecule has 13 heavy (non-hydrogen) atoms. The lowest BCUT2D eigenvalue weighted by Gasteiger charge is -2.32. The van der Waals surface area contributed by atoms with Crippen LogP contribution in [-0.4, -0.2) is 40.9 Å². The molecule has 0 spiro atoms. The van der Waals surface area contributed by atoms with Crippen molar-refractivity contribution in [1.82, 2.24) is 4.90 Å². The second-order valence-corrected chi connectivity index (χ2v) is 4.71. The summed E-state index contributed by atoms with van der Waals surface area (Å²) in [5, 5.41) is 0. The quantitative estimate of drug-likeness (QED) is 0.716. The molecule has 0 aliphatic carbocycles. The Labute approximate surface area is 84.0 Å². The average Bonchev–Trinajstić information content (AvgIpc) is 2.27. The molecule has 1 heterocycles. The number of carbonyl (C=O) groups is 1. The van der Waals surface area contributed by atoms with E-state index in [4.69, 9.17) is 5.73 Å². The van der Waals surface area contributed by atoms with E-state index >= 15 is 0 Å². The number of hydrogen-bond acceptors (Lipinski definition) is 3. The first-order valence-electron chi connectivity index (χ1n) is 4.75. The molecule has 1 amide bonds. The van der Waals surface area contributed by atoms with Gasteiger partial charge < -0.3 is 10.6 Å². The summed E-state index contributed by atoms with van der Waals surface area (Å²) in [7, 11) is 0. The van der Waals surface area contributed by atoms with Gasteiger partial charge in [-0.25, -0.2) is 0 Å². The maximum Gasteiger partial charge on any atom is 0.223 e. The van der Waals surface area contributed by atoms with E-state index in [-0.39, 0.29) is 11.9 Å². The van der Waals surface area contributed by atoms with E-state index in [9.17, 15) is 4.79 Å². The molecule has 76 valence electrons. The van der Waals surface area contributed by atoms with Crippen LogP contribution >= 0.6 is 11.8 Å². The van der Waals surface area contributed by atoms with Crippen LogP contribution in [0.15, 0.2) is 0 Å². The van der Waals surface area contributed by atoms with E-state index in [1.807, 2.05) is 23.6 Å². The largest absolute Gasteiger partial charge is 0.335 e. The van der Waals surface area contributed by atoms with E-state index in [2.05, 4.69) is 6.92 Å². The molecule has 1 aliphatic heterocycles. The molecule has 0 radical (unpaired) electrons. The van der Waals surface area contributed by atoms with Crippen molar-refractivity contribution in [3.05, 3.63) is 0 Å². The molecule has 1 saturated heterocycles. The molecule has 3 nitrogen and oxygen atoms in total. The zero-order valence-electron chi connectivity index (χ0n) is 8.32. The summed E-state index contributed by atoms with van der Waals surface area (Å²) in [6, 6.07) is 0.514. The molecule has 0 bridgehead atoms. The van der Waals surface area contributed by atoms with Crippen LogP contribution < -0.4 is 5.73 Å². The second-order valence-electron chi connectivity index (χ2n) is 3.56. The first-order valence-corrected chi connectivity index (χ1v) is 5.91. The number of nitrogens with zero attached hydrogens (tertiary/aromatic N) is 1. The highest BCUT2D eigenvalue weighted by Crippen LogP contribution is 2.18. The fourth-order valence-corrected chi connectivity index (χ4v) is 2.65. The number of carbonyl (C=O) groups excluding carboxylic acids is 1.